The summed E-state index contributed by atoms with van der Waals surface area (Å²) in [4.78, 5) is 22.5. The Labute approximate surface area is 106 Å². The Morgan fingerprint density at radius 1 is 1.53 bits per heavy atom. The number of carbonyl (C=O) groups is 1. The van der Waals surface area contributed by atoms with Crippen LogP contribution in [-0.4, -0.2) is 26.0 Å². The Kier molecular flexibility index (Phi) is 3.15. The monoisotopic (exact) mass is 297 g/mol. The van der Waals surface area contributed by atoms with Gasteiger partial charge in [0.2, 0.25) is 0 Å². The number of carboxylic acid groups (broad SMARTS) is 1. The molecule has 2 N–H and O–H groups in total. The van der Waals surface area contributed by atoms with Crippen molar-refractivity contribution in [2.24, 2.45) is 5.92 Å². The minimum Gasteiger partial charge on any atom is -0.481 e. The molecule has 2 heterocycles. The Morgan fingerprint density at radius 2 is 2.24 bits per heavy atom. The number of nitrogens with one attached hydrogen (secondary N) is 1. The molecule has 0 saturated carbocycles. The maximum absolute atomic E-state index is 10.9. The van der Waals surface area contributed by atoms with E-state index >= 15 is 0 Å². The Hall–Kier alpha value is -1.43. The molecule has 0 bridgehead atoms. The molecule has 2 aromatic rings. The van der Waals surface area contributed by atoms with E-state index < -0.39 is 11.9 Å². The average Bonchev–Trinajstić information content (AvgIpc) is 2.69. The zero-order chi connectivity index (χ0) is 12.6. The second-order valence-corrected chi connectivity index (χ2v) is 4.98. The normalized spacial score (nSPS) is 14.8. The number of nitrogens with zero attached hydrogens (tertiary/aromatic N) is 2. The molecule has 2 aromatic heterocycles. The van der Waals surface area contributed by atoms with Crippen molar-refractivity contribution in [3.8, 4) is 0 Å². The second-order valence-electron chi connectivity index (χ2n) is 4.06. The van der Waals surface area contributed by atoms with E-state index in [1.807, 2.05) is 13.0 Å². The van der Waals surface area contributed by atoms with Crippen LogP contribution in [0.2, 0.25) is 0 Å². The molecule has 90 valence electrons. The van der Waals surface area contributed by atoms with Crippen molar-refractivity contribution < 1.29 is 9.90 Å². The molecular weight excluding hydrogens is 286 g/mol. The van der Waals surface area contributed by atoms with Crippen LogP contribution in [0, 0.1) is 5.92 Å². The summed E-state index contributed by atoms with van der Waals surface area (Å²) in [6.45, 7) is 3.51. The fraction of sp³-hybridized carbons (Fsp3) is 0.364. The maximum Gasteiger partial charge on any atom is 0.306 e. The lowest BCUT2D eigenvalue weighted by Gasteiger charge is -2.12. The molecule has 0 spiro atoms. The summed E-state index contributed by atoms with van der Waals surface area (Å²) >= 11 is 3.33. The minimum absolute atomic E-state index is 0.180. The minimum atomic E-state index is -0.827. The van der Waals surface area contributed by atoms with Gasteiger partial charge in [0.05, 0.1) is 11.4 Å². The van der Waals surface area contributed by atoms with E-state index in [1.54, 1.807) is 13.1 Å². The molecule has 6 heteroatoms. The van der Waals surface area contributed by atoms with Crippen LogP contribution in [-0.2, 0) is 4.79 Å². The maximum atomic E-state index is 10.9. The van der Waals surface area contributed by atoms with E-state index in [0.29, 0.717) is 11.5 Å². The predicted molar refractivity (Wildman–Crippen MR) is 66.8 cm³/mol. The lowest BCUT2D eigenvalue weighted by atomic mass is 9.96. The zero-order valence-electron chi connectivity index (χ0n) is 9.44. The van der Waals surface area contributed by atoms with E-state index in [0.717, 1.165) is 9.99 Å². The van der Waals surface area contributed by atoms with Gasteiger partial charge in [-0.3, -0.25) is 4.79 Å². The van der Waals surface area contributed by atoms with E-state index in [9.17, 15) is 4.79 Å². The Balaban J connectivity index is 2.39. The van der Waals surface area contributed by atoms with Crippen molar-refractivity contribution >= 4 is 33.1 Å². The number of halogens is 1. The van der Waals surface area contributed by atoms with Gasteiger partial charge < -0.3 is 10.1 Å². The fourth-order valence-corrected chi connectivity index (χ4v) is 1.89. The number of aromatic amines is 1. The molecule has 0 fully saturated rings. The number of fused-ring (bicyclic) bond motifs is 1. The van der Waals surface area contributed by atoms with E-state index in [-0.39, 0.29) is 5.92 Å². The quantitative estimate of drug-likeness (QED) is 0.912. The van der Waals surface area contributed by atoms with Gasteiger partial charge in [-0.15, -0.1) is 0 Å². The molecule has 2 unspecified atom stereocenters. The van der Waals surface area contributed by atoms with Gasteiger partial charge in [0.15, 0.2) is 5.65 Å². The van der Waals surface area contributed by atoms with Crippen LogP contribution in [0.15, 0.2) is 16.7 Å². The van der Waals surface area contributed by atoms with Crippen molar-refractivity contribution in [1.29, 1.82) is 0 Å². The topological polar surface area (TPSA) is 78.9 Å². The number of pyridine rings is 1. The highest BCUT2D eigenvalue weighted by molar-refractivity contribution is 9.10. The van der Waals surface area contributed by atoms with Gasteiger partial charge in [0.25, 0.3) is 0 Å². The number of rotatable bonds is 3. The lowest BCUT2D eigenvalue weighted by molar-refractivity contribution is -0.141. The van der Waals surface area contributed by atoms with Crippen molar-refractivity contribution in [2.75, 3.05) is 0 Å². The van der Waals surface area contributed by atoms with Crippen LogP contribution < -0.4 is 0 Å². The zero-order valence-corrected chi connectivity index (χ0v) is 11.0. The molecule has 0 radical (unpaired) electrons. The van der Waals surface area contributed by atoms with Gasteiger partial charge in [-0.2, -0.15) is 0 Å². The first-order valence-electron chi connectivity index (χ1n) is 5.23. The SMILES string of the molecule is CC(C(=O)O)C(C)c1nc2ncc(Br)cc2[nH]1. The number of H-pyrrole nitrogens is 1. The van der Waals surface area contributed by atoms with Gasteiger partial charge in [0.1, 0.15) is 5.82 Å². The van der Waals surface area contributed by atoms with E-state index in [1.165, 1.54) is 0 Å². The number of hydrogen-bond donors (Lipinski definition) is 2. The average molecular weight is 298 g/mol. The first-order chi connectivity index (χ1) is 7.99. The number of imidazole rings is 1. The third kappa shape index (κ3) is 2.31. The lowest BCUT2D eigenvalue weighted by Crippen LogP contribution is -2.17. The summed E-state index contributed by atoms with van der Waals surface area (Å²) in [5.74, 6) is -0.841. The molecule has 0 aliphatic heterocycles. The smallest absolute Gasteiger partial charge is 0.306 e. The third-order valence-corrected chi connectivity index (χ3v) is 3.33. The number of hydrogen-bond acceptors (Lipinski definition) is 3. The fourth-order valence-electron chi connectivity index (χ4n) is 1.56. The highest BCUT2D eigenvalue weighted by Crippen LogP contribution is 2.24. The Morgan fingerprint density at radius 3 is 2.88 bits per heavy atom. The van der Waals surface area contributed by atoms with Crippen LogP contribution in [0.5, 0.6) is 0 Å². The number of aliphatic carboxylic acids is 1. The van der Waals surface area contributed by atoms with Crippen molar-refractivity contribution in [2.45, 2.75) is 19.8 Å². The largest absolute Gasteiger partial charge is 0.481 e. The van der Waals surface area contributed by atoms with Gasteiger partial charge in [-0.25, -0.2) is 9.97 Å². The predicted octanol–water partition coefficient (Wildman–Crippen LogP) is 2.54. The highest BCUT2D eigenvalue weighted by atomic mass is 79.9. The number of carboxylic acids is 1. The first kappa shape index (κ1) is 12.0. The summed E-state index contributed by atoms with van der Waals surface area (Å²) in [5.41, 5.74) is 1.41. The van der Waals surface area contributed by atoms with Crippen LogP contribution in [0.3, 0.4) is 0 Å². The molecule has 2 atom stereocenters. The third-order valence-electron chi connectivity index (χ3n) is 2.89. The summed E-state index contributed by atoms with van der Waals surface area (Å²) in [7, 11) is 0. The summed E-state index contributed by atoms with van der Waals surface area (Å²) in [6, 6.07) is 1.87. The molecule has 0 saturated heterocycles. The first-order valence-corrected chi connectivity index (χ1v) is 6.02. The van der Waals surface area contributed by atoms with E-state index in [2.05, 4.69) is 30.9 Å². The number of aromatic nitrogens is 3. The Bertz CT molecular complexity index is 567. The van der Waals surface area contributed by atoms with Gasteiger partial charge in [-0.05, 0) is 22.0 Å². The summed E-state index contributed by atoms with van der Waals surface area (Å²) in [5, 5.41) is 8.97. The molecule has 0 amide bonds. The molecule has 2 rings (SSSR count). The van der Waals surface area contributed by atoms with Crippen LogP contribution in [0.4, 0.5) is 0 Å². The second kappa shape index (κ2) is 4.44. The summed E-state index contributed by atoms with van der Waals surface area (Å²) in [6.07, 6.45) is 1.66. The molecule has 0 aromatic carbocycles. The van der Waals surface area contributed by atoms with Gasteiger partial charge in [-0.1, -0.05) is 13.8 Å². The van der Waals surface area contributed by atoms with Crippen molar-refractivity contribution in [3.05, 3.63) is 22.6 Å². The van der Waals surface area contributed by atoms with Crippen LogP contribution >= 0.6 is 15.9 Å². The standard InChI is InChI=1S/C11H12BrN3O2/c1-5(6(2)11(16)17)9-14-8-3-7(12)4-13-10(8)15-9/h3-6H,1-2H3,(H,16,17)(H,13,14,15). The molecule has 17 heavy (non-hydrogen) atoms. The van der Waals surface area contributed by atoms with Crippen molar-refractivity contribution in [3.63, 3.8) is 0 Å². The van der Waals surface area contributed by atoms with Crippen molar-refractivity contribution in [1.82, 2.24) is 15.0 Å². The van der Waals surface area contributed by atoms with Gasteiger partial charge in [0, 0.05) is 16.6 Å². The molecule has 0 aliphatic carbocycles. The highest BCUT2D eigenvalue weighted by Gasteiger charge is 2.23. The summed E-state index contributed by atoms with van der Waals surface area (Å²) < 4.78 is 0.860. The molecular formula is C11H12BrN3O2. The van der Waals surface area contributed by atoms with Gasteiger partial charge >= 0.3 is 5.97 Å². The van der Waals surface area contributed by atoms with E-state index in [4.69, 9.17) is 5.11 Å². The molecule has 0 aliphatic rings. The molecule has 5 nitrogen and oxygen atoms in total. The van der Waals surface area contributed by atoms with Crippen LogP contribution in [0.1, 0.15) is 25.6 Å². The van der Waals surface area contributed by atoms with Crippen LogP contribution in [0.25, 0.3) is 11.2 Å².